The number of aliphatic imine (C=N–C) groups is 1. The smallest absolute Gasteiger partial charge is 0.321 e. The molecule has 0 saturated carbocycles. The van der Waals surface area contributed by atoms with E-state index in [0.717, 1.165) is 11.5 Å². The second kappa shape index (κ2) is 3.60. The van der Waals surface area contributed by atoms with Crippen LogP contribution in [-0.2, 0) is 9.84 Å². The fourth-order valence-corrected chi connectivity index (χ4v) is 2.02. The van der Waals surface area contributed by atoms with Crippen LogP contribution in [-0.4, -0.2) is 13.6 Å². The van der Waals surface area contributed by atoms with Gasteiger partial charge < -0.3 is 10.5 Å². The van der Waals surface area contributed by atoms with Crippen molar-refractivity contribution in [2.24, 2.45) is 10.7 Å². The number of hydrogen-bond donors (Lipinski definition) is 1. The average Bonchev–Trinajstić information content (AvgIpc) is 2.43. The number of rotatable bonds is 1. The number of hydrogen-bond acceptors (Lipinski definition) is 5. The van der Waals surface area contributed by atoms with Gasteiger partial charge in [0.2, 0.25) is 0 Å². The Labute approximate surface area is 91.0 Å². The molecule has 0 aliphatic carbocycles. The van der Waals surface area contributed by atoms with Crippen LogP contribution in [0.15, 0.2) is 40.5 Å². The van der Waals surface area contributed by atoms with Crippen molar-refractivity contribution >= 4 is 15.1 Å². The summed E-state index contributed by atoms with van der Waals surface area (Å²) in [7, 11) is -3.78. The number of sulfone groups is 1. The summed E-state index contributed by atoms with van der Waals surface area (Å²) in [5.74, 6) is -1.08. The van der Waals surface area contributed by atoms with Crippen LogP contribution in [0, 0.1) is 5.82 Å². The van der Waals surface area contributed by atoms with Gasteiger partial charge in [-0.05, 0) is 12.1 Å². The van der Waals surface area contributed by atoms with Crippen molar-refractivity contribution in [1.29, 1.82) is 0 Å². The predicted molar refractivity (Wildman–Crippen MR) is 55.7 cm³/mol. The molecule has 7 heteroatoms. The molecular formula is C9H7FN2O3S. The minimum atomic E-state index is -3.78. The maximum Gasteiger partial charge on any atom is 0.321 e. The molecule has 0 fully saturated rings. The summed E-state index contributed by atoms with van der Waals surface area (Å²) >= 11 is 0. The van der Waals surface area contributed by atoms with Gasteiger partial charge in [0.1, 0.15) is 5.82 Å². The lowest BCUT2D eigenvalue weighted by Gasteiger charge is -2.04. The SMILES string of the molecule is NC1=CS(=O)(=O)C(Oc2ccccc2F)=N1. The Morgan fingerprint density at radius 2 is 2.00 bits per heavy atom. The van der Waals surface area contributed by atoms with Crippen LogP contribution in [0.2, 0.25) is 0 Å². The first kappa shape index (κ1) is 10.6. The van der Waals surface area contributed by atoms with Gasteiger partial charge in [0.25, 0.3) is 9.84 Å². The molecule has 0 amide bonds. The molecule has 84 valence electrons. The van der Waals surface area contributed by atoms with Crippen LogP contribution >= 0.6 is 0 Å². The lowest BCUT2D eigenvalue weighted by molar-refractivity contribution is 0.495. The van der Waals surface area contributed by atoms with Crippen molar-refractivity contribution < 1.29 is 17.5 Å². The summed E-state index contributed by atoms with van der Waals surface area (Å²) in [4.78, 5) is 3.46. The van der Waals surface area contributed by atoms with Gasteiger partial charge in [-0.1, -0.05) is 12.1 Å². The molecule has 1 aromatic rings. The van der Waals surface area contributed by atoms with Crippen molar-refractivity contribution in [3.63, 3.8) is 0 Å². The van der Waals surface area contributed by atoms with E-state index in [1.54, 1.807) is 0 Å². The Bertz CT molecular complexity index is 593. The first-order chi connectivity index (χ1) is 7.49. The van der Waals surface area contributed by atoms with Gasteiger partial charge in [-0.3, -0.25) is 0 Å². The lowest BCUT2D eigenvalue weighted by Crippen LogP contribution is -2.16. The zero-order chi connectivity index (χ0) is 11.8. The fraction of sp³-hybridized carbons (Fsp3) is 0. The van der Waals surface area contributed by atoms with E-state index in [0.29, 0.717) is 0 Å². The summed E-state index contributed by atoms with van der Waals surface area (Å²) in [6, 6.07) is 5.41. The Morgan fingerprint density at radius 1 is 1.31 bits per heavy atom. The summed E-state index contributed by atoms with van der Waals surface area (Å²) < 4.78 is 40.7. The first-order valence-corrected chi connectivity index (χ1v) is 5.77. The van der Waals surface area contributed by atoms with E-state index >= 15 is 0 Å². The summed E-state index contributed by atoms with van der Waals surface area (Å²) in [6.45, 7) is 0. The molecule has 1 aliphatic rings. The van der Waals surface area contributed by atoms with E-state index in [9.17, 15) is 12.8 Å². The number of benzene rings is 1. The Hall–Kier alpha value is -1.89. The van der Waals surface area contributed by atoms with E-state index in [4.69, 9.17) is 10.5 Å². The number of nitrogens with zero attached hydrogens (tertiary/aromatic N) is 1. The molecule has 0 saturated heterocycles. The van der Waals surface area contributed by atoms with E-state index < -0.39 is 20.9 Å². The maximum absolute atomic E-state index is 13.2. The van der Waals surface area contributed by atoms with E-state index in [1.165, 1.54) is 18.2 Å². The van der Waals surface area contributed by atoms with Crippen LogP contribution in [0.25, 0.3) is 0 Å². The Morgan fingerprint density at radius 3 is 2.56 bits per heavy atom. The molecule has 1 aliphatic heterocycles. The highest BCUT2D eigenvalue weighted by Gasteiger charge is 2.27. The predicted octanol–water partition coefficient (Wildman–Crippen LogP) is 0.747. The summed E-state index contributed by atoms with van der Waals surface area (Å²) in [6.07, 6.45) is 0. The molecule has 0 aromatic heterocycles. The largest absolute Gasteiger partial charge is 0.427 e. The third-order valence-corrected chi connectivity index (χ3v) is 2.99. The molecule has 0 bridgehead atoms. The molecule has 2 rings (SSSR count). The van der Waals surface area contributed by atoms with E-state index in [2.05, 4.69) is 4.99 Å². The fourth-order valence-electron chi connectivity index (χ4n) is 1.11. The van der Waals surface area contributed by atoms with Crippen molar-refractivity contribution in [1.82, 2.24) is 0 Å². The second-order valence-electron chi connectivity index (χ2n) is 3.00. The van der Waals surface area contributed by atoms with Gasteiger partial charge >= 0.3 is 5.23 Å². The van der Waals surface area contributed by atoms with Gasteiger partial charge in [0, 0.05) is 0 Å². The molecule has 0 unspecified atom stereocenters. The monoisotopic (exact) mass is 242 g/mol. The van der Waals surface area contributed by atoms with Crippen LogP contribution in [0.1, 0.15) is 0 Å². The lowest BCUT2D eigenvalue weighted by atomic mass is 10.3. The minimum Gasteiger partial charge on any atom is -0.427 e. The third-order valence-electron chi connectivity index (χ3n) is 1.77. The van der Waals surface area contributed by atoms with Crippen molar-refractivity contribution in [2.75, 3.05) is 0 Å². The molecule has 16 heavy (non-hydrogen) atoms. The van der Waals surface area contributed by atoms with Crippen molar-refractivity contribution in [3.8, 4) is 5.75 Å². The van der Waals surface area contributed by atoms with Crippen molar-refractivity contribution in [3.05, 3.63) is 41.3 Å². The van der Waals surface area contributed by atoms with Crippen LogP contribution < -0.4 is 10.5 Å². The van der Waals surface area contributed by atoms with Crippen LogP contribution in [0.5, 0.6) is 5.75 Å². The quantitative estimate of drug-likeness (QED) is 0.787. The minimum absolute atomic E-state index is 0.189. The molecule has 0 radical (unpaired) electrons. The first-order valence-electron chi connectivity index (χ1n) is 4.22. The Kier molecular flexibility index (Phi) is 2.39. The topological polar surface area (TPSA) is 81.8 Å². The normalized spacial score (nSPS) is 17.8. The molecule has 1 aromatic carbocycles. The molecule has 5 nitrogen and oxygen atoms in total. The standard InChI is InChI=1S/C9H7FN2O3S/c10-6-3-1-2-4-7(6)15-9-12-8(11)5-16(9,13)14/h1-5H,11H2. The highest BCUT2D eigenvalue weighted by atomic mass is 32.2. The summed E-state index contributed by atoms with van der Waals surface area (Å²) in [5, 5.41) is 0.138. The highest BCUT2D eigenvalue weighted by molar-refractivity contribution is 8.08. The molecule has 2 N–H and O–H groups in total. The molecular weight excluding hydrogens is 235 g/mol. The number of halogens is 1. The van der Waals surface area contributed by atoms with Crippen molar-refractivity contribution in [2.45, 2.75) is 0 Å². The second-order valence-corrected chi connectivity index (χ2v) is 4.67. The highest BCUT2D eigenvalue weighted by Crippen LogP contribution is 2.19. The number of para-hydroxylation sites is 1. The number of ether oxygens (including phenoxy) is 1. The van der Waals surface area contributed by atoms with E-state index in [-0.39, 0.29) is 11.6 Å². The summed E-state index contributed by atoms with van der Waals surface area (Å²) in [5.41, 5.74) is 5.21. The zero-order valence-corrected chi connectivity index (χ0v) is 8.74. The molecule has 0 atom stereocenters. The zero-order valence-electron chi connectivity index (χ0n) is 7.92. The van der Waals surface area contributed by atoms with Crippen LogP contribution in [0.3, 0.4) is 0 Å². The average molecular weight is 242 g/mol. The van der Waals surface area contributed by atoms with Gasteiger partial charge in [-0.15, -0.1) is 0 Å². The number of nitrogens with two attached hydrogens (primary N) is 1. The van der Waals surface area contributed by atoms with Gasteiger partial charge in [-0.2, -0.15) is 4.99 Å². The van der Waals surface area contributed by atoms with E-state index in [1.807, 2.05) is 0 Å². The van der Waals surface area contributed by atoms with Gasteiger partial charge in [0.15, 0.2) is 11.6 Å². The molecule has 0 spiro atoms. The van der Waals surface area contributed by atoms with Crippen LogP contribution in [0.4, 0.5) is 4.39 Å². The third kappa shape index (κ3) is 1.89. The Balaban J connectivity index is 2.32. The molecule has 1 heterocycles. The van der Waals surface area contributed by atoms with Gasteiger partial charge in [0.05, 0.1) is 5.41 Å². The maximum atomic E-state index is 13.2. The van der Waals surface area contributed by atoms with Gasteiger partial charge in [-0.25, -0.2) is 12.8 Å².